The Bertz CT molecular complexity index is 46.5. The highest BCUT2D eigenvalue weighted by Crippen LogP contribution is 1.84. The second-order valence-electron chi connectivity index (χ2n) is 1.12. The van der Waals surface area contributed by atoms with Gasteiger partial charge in [-0.25, -0.2) is 0 Å². The first kappa shape index (κ1) is 7.84. The lowest BCUT2D eigenvalue weighted by Crippen LogP contribution is -2.22. The van der Waals surface area contributed by atoms with E-state index < -0.39 is 0 Å². The van der Waals surface area contributed by atoms with Crippen LogP contribution in [0, 0.1) is 0 Å². The molecule has 0 aromatic rings. The third-order valence-corrected chi connectivity index (χ3v) is 0.642. The molecule has 0 radical (unpaired) electrons. The Morgan fingerprint density at radius 2 is 1.62 bits per heavy atom. The molecule has 0 atom stereocenters. The molecule has 0 fully saturated rings. The van der Waals surface area contributed by atoms with Crippen LogP contribution in [0.15, 0.2) is 0 Å². The molecule has 0 aliphatic heterocycles. The lowest BCUT2D eigenvalue weighted by atomic mass is 11.3. The van der Waals surface area contributed by atoms with E-state index in [1.807, 2.05) is 0 Å². The topological polar surface area (TPSA) is 30.9 Å². The van der Waals surface area contributed by atoms with Crippen molar-refractivity contribution >= 4 is 0 Å². The minimum Gasteiger partial charge on any atom is -0.364 e. The first-order valence-corrected chi connectivity index (χ1v) is 2.19. The van der Waals surface area contributed by atoms with E-state index in [4.69, 9.17) is 0 Å². The largest absolute Gasteiger partial charge is 0.364 e. The maximum atomic E-state index is 4.66. The van der Waals surface area contributed by atoms with Crippen LogP contribution >= 0.6 is 0 Å². The Morgan fingerprint density at radius 3 is 1.75 bits per heavy atom. The van der Waals surface area contributed by atoms with Gasteiger partial charge in [0.05, 0.1) is 14.2 Å². The van der Waals surface area contributed by atoms with Gasteiger partial charge in [-0.3, -0.25) is 9.68 Å². The number of methoxy groups -OCH3 is 1. The zero-order chi connectivity index (χ0) is 6.41. The van der Waals surface area contributed by atoms with Crippen molar-refractivity contribution in [2.75, 3.05) is 28.1 Å². The molecule has 0 heterocycles. The van der Waals surface area contributed by atoms with E-state index >= 15 is 0 Å². The summed E-state index contributed by atoms with van der Waals surface area (Å²) in [5, 5.41) is 1.21. The van der Waals surface area contributed by atoms with Gasteiger partial charge in [0.1, 0.15) is 6.73 Å². The lowest BCUT2D eigenvalue weighted by Gasteiger charge is -2.13. The van der Waals surface area contributed by atoms with Gasteiger partial charge >= 0.3 is 0 Å². The molecular formula is C4H11NO3. The fourth-order valence-electron chi connectivity index (χ4n) is 0.285. The number of nitrogens with zero attached hydrogens (tertiary/aromatic N) is 1. The van der Waals surface area contributed by atoms with Gasteiger partial charge in [0.25, 0.3) is 0 Å². The molecule has 50 valence electrons. The van der Waals surface area contributed by atoms with E-state index in [2.05, 4.69) is 14.4 Å². The summed E-state index contributed by atoms with van der Waals surface area (Å²) in [4.78, 5) is 9.25. The smallest absolute Gasteiger partial charge is 0.149 e. The van der Waals surface area contributed by atoms with Crippen LogP contribution in [0.1, 0.15) is 0 Å². The number of ether oxygens (including phenoxy) is 1. The summed E-state index contributed by atoms with van der Waals surface area (Å²) in [6.45, 7) is 0.312. The van der Waals surface area contributed by atoms with E-state index in [1.165, 1.54) is 19.4 Å². The molecule has 4 heteroatoms. The van der Waals surface area contributed by atoms with E-state index in [0.717, 1.165) is 0 Å². The van der Waals surface area contributed by atoms with Crippen molar-refractivity contribution in [3.05, 3.63) is 0 Å². The number of hydrogen-bond acceptors (Lipinski definition) is 4. The average Bonchev–Trinajstić information content (AvgIpc) is 1.83. The molecule has 0 N–H and O–H groups in total. The molecule has 0 aliphatic carbocycles. The molecule has 0 aliphatic rings. The second kappa shape index (κ2) is 4.99. The van der Waals surface area contributed by atoms with Crippen molar-refractivity contribution < 1.29 is 14.4 Å². The third-order valence-electron chi connectivity index (χ3n) is 0.642. The summed E-state index contributed by atoms with van der Waals surface area (Å²) >= 11 is 0. The highest BCUT2D eigenvalue weighted by Gasteiger charge is 1.95. The van der Waals surface area contributed by atoms with Gasteiger partial charge in [-0.15, -0.1) is 0 Å². The number of rotatable bonds is 4. The number of hydroxylamine groups is 2. The molecule has 0 aromatic carbocycles. The van der Waals surface area contributed by atoms with Gasteiger partial charge in [-0.05, 0) is 5.23 Å². The van der Waals surface area contributed by atoms with E-state index in [0.29, 0.717) is 6.73 Å². The van der Waals surface area contributed by atoms with Crippen molar-refractivity contribution in [1.82, 2.24) is 5.23 Å². The van der Waals surface area contributed by atoms with Crippen LogP contribution in [0.2, 0.25) is 0 Å². The van der Waals surface area contributed by atoms with Crippen LogP contribution in [0.25, 0.3) is 0 Å². The summed E-state index contributed by atoms with van der Waals surface area (Å²) < 4.78 is 4.66. The zero-order valence-electron chi connectivity index (χ0n) is 5.38. The molecule has 8 heavy (non-hydrogen) atoms. The summed E-state index contributed by atoms with van der Waals surface area (Å²) in [5.41, 5.74) is 0. The molecule has 0 saturated heterocycles. The van der Waals surface area contributed by atoms with Crippen LogP contribution in [0.3, 0.4) is 0 Å². The van der Waals surface area contributed by atoms with Crippen molar-refractivity contribution in [2.24, 2.45) is 0 Å². The Labute approximate surface area is 48.8 Å². The predicted molar refractivity (Wildman–Crippen MR) is 27.7 cm³/mol. The minimum absolute atomic E-state index is 0.312. The van der Waals surface area contributed by atoms with Gasteiger partial charge in [-0.1, -0.05) is 0 Å². The Balaban J connectivity index is 3.07. The summed E-state index contributed by atoms with van der Waals surface area (Å²) in [6, 6.07) is 0. The lowest BCUT2D eigenvalue weighted by molar-refractivity contribution is -0.369. The van der Waals surface area contributed by atoms with Gasteiger partial charge < -0.3 is 4.74 Å². The molecule has 0 rings (SSSR count). The quantitative estimate of drug-likeness (QED) is 0.387. The number of hydrogen-bond donors (Lipinski definition) is 0. The molecule has 4 nitrogen and oxygen atoms in total. The van der Waals surface area contributed by atoms with Gasteiger partial charge in [-0.2, -0.15) is 0 Å². The molecule has 0 aromatic heterocycles. The summed E-state index contributed by atoms with van der Waals surface area (Å²) in [7, 11) is 4.57. The van der Waals surface area contributed by atoms with Crippen molar-refractivity contribution in [3.8, 4) is 0 Å². The van der Waals surface area contributed by atoms with Gasteiger partial charge in [0, 0.05) is 7.11 Å². The maximum Gasteiger partial charge on any atom is 0.149 e. The van der Waals surface area contributed by atoms with Crippen molar-refractivity contribution in [2.45, 2.75) is 0 Å². The minimum atomic E-state index is 0.312. The highest BCUT2D eigenvalue weighted by molar-refractivity contribution is 4.02. The molecule has 0 spiro atoms. The molecule has 0 bridgehead atoms. The normalized spacial score (nSPS) is 10.5. The summed E-state index contributed by atoms with van der Waals surface area (Å²) in [6.07, 6.45) is 0. The van der Waals surface area contributed by atoms with Crippen LogP contribution in [-0.4, -0.2) is 33.3 Å². The standard InChI is InChI=1S/C4H11NO3/c1-6-4-5(7-2)8-3/h4H2,1-3H3. The van der Waals surface area contributed by atoms with E-state index in [1.54, 1.807) is 7.11 Å². The highest BCUT2D eigenvalue weighted by atomic mass is 17.0. The average molecular weight is 121 g/mol. The maximum absolute atomic E-state index is 4.66. The molecule has 0 saturated carbocycles. The van der Waals surface area contributed by atoms with Crippen LogP contribution < -0.4 is 0 Å². The van der Waals surface area contributed by atoms with Crippen molar-refractivity contribution in [3.63, 3.8) is 0 Å². The predicted octanol–water partition coefficient (Wildman–Crippen LogP) is 0.0151. The van der Waals surface area contributed by atoms with E-state index in [9.17, 15) is 0 Å². The first-order chi connectivity index (χ1) is 3.85. The summed E-state index contributed by atoms with van der Waals surface area (Å²) in [5.74, 6) is 0. The second-order valence-corrected chi connectivity index (χ2v) is 1.12. The van der Waals surface area contributed by atoms with Crippen LogP contribution in [0.4, 0.5) is 0 Å². The van der Waals surface area contributed by atoms with Gasteiger partial charge in [0.2, 0.25) is 0 Å². The SMILES string of the molecule is COCN(OC)OC. The Kier molecular flexibility index (Phi) is 4.89. The Morgan fingerprint density at radius 1 is 1.12 bits per heavy atom. The monoisotopic (exact) mass is 121 g/mol. The van der Waals surface area contributed by atoms with Crippen LogP contribution in [0.5, 0.6) is 0 Å². The van der Waals surface area contributed by atoms with Gasteiger partial charge in [0.15, 0.2) is 0 Å². The Hall–Kier alpha value is -0.160. The molecular weight excluding hydrogens is 110 g/mol. The fraction of sp³-hybridized carbons (Fsp3) is 1.00. The van der Waals surface area contributed by atoms with Crippen LogP contribution in [-0.2, 0) is 14.4 Å². The first-order valence-electron chi connectivity index (χ1n) is 2.19. The molecule has 0 unspecified atom stereocenters. The third kappa shape index (κ3) is 2.92. The van der Waals surface area contributed by atoms with Crippen molar-refractivity contribution in [1.29, 1.82) is 0 Å². The fourth-order valence-corrected chi connectivity index (χ4v) is 0.285. The van der Waals surface area contributed by atoms with E-state index in [-0.39, 0.29) is 0 Å². The zero-order valence-corrected chi connectivity index (χ0v) is 5.38. The molecule has 0 amide bonds.